The maximum atomic E-state index is 9.96. The fourth-order valence-electron chi connectivity index (χ4n) is 1.47. The second-order valence-corrected chi connectivity index (χ2v) is 4.24. The molecule has 0 fully saturated rings. The van der Waals surface area contributed by atoms with Crippen molar-refractivity contribution in [1.82, 2.24) is 10.3 Å². The lowest BCUT2D eigenvalue weighted by molar-refractivity contribution is 0.126. The van der Waals surface area contributed by atoms with Crippen molar-refractivity contribution < 1.29 is 9.84 Å². The van der Waals surface area contributed by atoms with Crippen LogP contribution in [0.2, 0.25) is 0 Å². The number of nitrogens with two attached hydrogens (primary N) is 1. The van der Waals surface area contributed by atoms with Crippen molar-refractivity contribution in [2.24, 2.45) is 5.73 Å². The van der Waals surface area contributed by atoms with E-state index in [1.807, 2.05) is 13.0 Å². The Morgan fingerprint density at radius 3 is 2.95 bits per heavy atom. The zero-order valence-corrected chi connectivity index (χ0v) is 11.3. The highest BCUT2D eigenvalue weighted by molar-refractivity contribution is 5.26. The molecule has 20 heavy (non-hydrogen) atoms. The van der Waals surface area contributed by atoms with Crippen LogP contribution in [0.15, 0.2) is 18.3 Å². The molecule has 4 N–H and O–H groups in total. The van der Waals surface area contributed by atoms with Gasteiger partial charge >= 0.3 is 0 Å². The Labute approximate surface area is 118 Å². The highest BCUT2D eigenvalue weighted by Crippen LogP contribution is 2.09. The molecule has 1 aromatic rings. The van der Waals surface area contributed by atoms with E-state index in [9.17, 15) is 5.11 Å². The average Bonchev–Trinajstić information content (AvgIpc) is 2.49. The van der Waals surface area contributed by atoms with Crippen LogP contribution < -0.4 is 11.1 Å². The fourth-order valence-corrected chi connectivity index (χ4v) is 1.47. The zero-order chi connectivity index (χ0) is 14.8. The van der Waals surface area contributed by atoms with Gasteiger partial charge in [-0.2, -0.15) is 5.26 Å². The minimum Gasteiger partial charge on any atom is -0.385 e. The van der Waals surface area contributed by atoms with E-state index in [1.54, 1.807) is 12.1 Å². The summed E-state index contributed by atoms with van der Waals surface area (Å²) in [6.07, 6.45) is 0.713. The van der Waals surface area contributed by atoms with Crippen LogP contribution in [0.1, 0.15) is 24.3 Å². The van der Waals surface area contributed by atoms with Crippen LogP contribution >= 0.6 is 0 Å². The smallest absolute Gasteiger partial charge is 0.109 e. The van der Waals surface area contributed by atoms with E-state index in [4.69, 9.17) is 15.7 Å². The molecular weight excluding hydrogens is 256 g/mol. The largest absolute Gasteiger partial charge is 0.385 e. The Morgan fingerprint density at radius 2 is 2.35 bits per heavy atom. The molecule has 0 aliphatic heterocycles. The molecule has 0 saturated heterocycles. The molecule has 1 aromatic heterocycles. The van der Waals surface area contributed by atoms with Crippen molar-refractivity contribution in [1.29, 1.82) is 5.26 Å². The van der Waals surface area contributed by atoms with Crippen molar-refractivity contribution in [3.8, 4) is 18.0 Å². The minimum absolute atomic E-state index is 0.0719. The van der Waals surface area contributed by atoms with Gasteiger partial charge in [-0.3, -0.25) is 4.98 Å². The van der Waals surface area contributed by atoms with Gasteiger partial charge in [-0.15, -0.1) is 0 Å². The number of aliphatic hydroxyl groups excluding tert-OH is 1. The van der Waals surface area contributed by atoms with Crippen molar-refractivity contribution in [3.63, 3.8) is 0 Å². The molecule has 0 bridgehead atoms. The molecule has 6 heteroatoms. The molecule has 0 aliphatic carbocycles. The lowest BCUT2D eigenvalue weighted by Gasteiger charge is -2.16. The maximum absolute atomic E-state index is 9.96. The zero-order valence-electron chi connectivity index (χ0n) is 11.3. The number of hydrogen-bond acceptors (Lipinski definition) is 6. The van der Waals surface area contributed by atoms with E-state index in [0.29, 0.717) is 31.0 Å². The standard InChI is InChI=1S/C14H18N4O2/c1-11(10-20-6-2-5-15)17-9-14(19)13-4-3-12(7-16)8-18-13/h3-4,8,11,14,17,19H,6,9-10,15H2,1H3. The van der Waals surface area contributed by atoms with E-state index in [-0.39, 0.29) is 6.04 Å². The number of aromatic nitrogens is 1. The van der Waals surface area contributed by atoms with Crippen molar-refractivity contribution in [3.05, 3.63) is 29.6 Å². The molecule has 0 aromatic carbocycles. The van der Waals surface area contributed by atoms with Crippen LogP contribution in [-0.4, -0.2) is 35.9 Å². The first-order chi connectivity index (χ1) is 9.67. The second-order valence-electron chi connectivity index (χ2n) is 4.24. The monoisotopic (exact) mass is 274 g/mol. The van der Waals surface area contributed by atoms with Gasteiger partial charge in [0.1, 0.15) is 18.8 Å². The quantitative estimate of drug-likeness (QED) is 0.364. The molecule has 0 saturated carbocycles. The van der Waals surface area contributed by atoms with E-state index < -0.39 is 6.10 Å². The molecule has 0 spiro atoms. The average molecular weight is 274 g/mol. The van der Waals surface area contributed by atoms with E-state index >= 15 is 0 Å². The Balaban J connectivity index is 2.32. The summed E-state index contributed by atoms with van der Waals surface area (Å²) in [5.41, 5.74) is 6.01. The summed E-state index contributed by atoms with van der Waals surface area (Å²) in [5, 5.41) is 21.7. The fraction of sp³-hybridized carbons (Fsp3) is 0.429. The first kappa shape index (κ1) is 15.9. The molecule has 1 rings (SSSR count). The number of aliphatic hydroxyl groups is 1. The number of nitrogens with one attached hydrogen (secondary N) is 1. The number of nitrogens with zero attached hydrogens (tertiary/aromatic N) is 2. The molecule has 0 amide bonds. The Kier molecular flexibility index (Phi) is 7.08. The summed E-state index contributed by atoms with van der Waals surface area (Å²) < 4.78 is 5.25. The van der Waals surface area contributed by atoms with Crippen LogP contribution in [0.3, 0.4) is 0 Å². The Bertz CT molecular complexity index is 499. The van der Waals surface area contributed by atoms with Crippen LogP contribution in [0.5, 0.6) is 0 Å². The summed E-state index contributed by atoms with van der Waals surface area (Å²) in [5.74, 6) is 2.60. The Morgan fingerprint density at radius 1 is 1.55 bits per heavy atom. The van der Waals surface area contributed by atoms with Gasteiger partial charge in [0.25, 0.3) is 0 Å². The summed E-state index contributed by atoms with van der Waals surface area (Å²) in [6, 6.07) is 7.58. The number of nitriles is 1. The highest BCUT2D eigenvalue weighted by atomic mass is 16.5. The summed E-state index contributed by atoms with van der Waals surface area (Å²) in [6.45, 7) is 3.06. The van der Waals surface area contributed by atoms with E-state index in [0.717, 1.165) is 0 Å². The molecular formula is C14H18N4O2. The summed E-state index contributed by atoms with van der Waals surface area (Å²) in [4.78, 5) is 4.04. The molecule has 6 nitrogen and oxygen atoms in total. The number of hydrogen-bond donors (Lipinski definition) is 3. The predicted octanol–water partition coefficient (Wildman–Crippen LogP) is -0.0990. The highest BCUT2D eigenvalue weighted by Gasteiger charge is 2.10. The predicted molar refractivity (Wildman–Crippen MR) is 74.2 cm³/mol. The number of rotatable bonds is 7. The van der Waals surface area contributed by atoms with Gasteiger partial charge in [0.05, 0.1) is 17.9 Å². The van der Waals surface area contributed by atoms with E-state index in [2.05, 4.69) is 22.3 Å². The van der Waals surface area contributed by atoms with E-state index in [1.165, 1.54) is 6.20 Å². The van der Waals surface area contributed by atoms with Gasteiger partial charge in [-0.1, -0.05) is 5.92 Å². The number of pyridine rings is 1. The van der Waals surface area contributed by atoms with Gasteiger partial charge in [0, 0.05) is 24.8 Å². The summed E-state index contributed by atoms with van der Waals surface area (Å²) in [7, 11) is 0. The molecule has 106 valence electrons. The maximum Gasteiger partial charge on any atom is 0.109 e. The molecule has 1 heterocycles. The van der Waals surface area contributed by atoms with Gasteiger partial charge in [-0.05, 0) is 19.1 Å². The third-order valence-electron chi connectivity index (χ3n) is 2.56. The summed E-state index contributed by atoms with van der Waals surface area (Å²) >= 11 is 0. The lowest BCUT2D eigenvalue weighted by atomic mass is 10.2. The van der Waals surface area contributed by atoms with Crippen LogP contribution in [-0.2, 0) is 4.74 Å². The molecule has 0 radical (unpaired) electrons. The Hall–Kier alpha value is -2.12. The first-order valence-corrected chi connectivity index (χ1v) is 6.21. The van der Waals surface area contributed by atoms with Crippen LogP contribution in [0, 0.1) is 23.3 Å². The molecule has 2 unspecified atom stereocenters. The number of ether oxygens (including phenoxy) is 1. The normalized spacial score (nSPS) is 12.8. The van der Waals surface area contributed by atoms with Gasteiger partial charge in [0.15, 0.2) is 0 Å². The topological polar surface area (TPSA) is 104 Å². The van der Waals surface area contributed by atoms with Crippen LogP contribution in [0.4, 0.5) is 0 Å². The third kappa shape index (κ3) is 5.68. The van der Waals surface area contributed by atoms with Gasteiger partial charge < -0.3 is 20.9 Å². The third-order valence-corrected chi connectivity index (χ3v) is 2.56. The van der Waals surface area contributed by atoms with Crippen molar-refractivity contribution >= 4 is 0 Å². The van der Waals surface area contributed by atoms with Crippen LogP contribution in [0.25, 0.3) is 0 Å². The second kappa shape index (κ2) is 8.89. The van der Waals surface area contributed by atoms with Gasteiger partial charge in [-0.25, -0.2) is 0 Å². The van der Waals surface area contributed by atoms with Crippen molar-refractivity contribution in [2.45, 2.75) is 19.1 Å². The molecule has 0 aliphatic rings. The minimum atomic E-state index is -0.728. The molecule has 2 atom stereocenters. The first-order valence-electron chi connectivity index (χ1n) is 6.21. The van der Waals surface area contributed by atoms with Crippen molar-refractivity contribution in [2.75, 3.05) is 19.8 Å². The SMILES string of the molecule is CC(COCC#CN)NCC(O)c1ccc(C#N)cn1. The lowest BCUT2D eigenvalue weighted by Crippen LogP contribution is -2.34. The van der Waals surface area contributed by atoms with Gasteiger partial charge in [0.2, 0.25) is 0 Å².